The number of benzene rings is 1. The Balaban J connectivity index is 2.51. The highest BCUT2D eigenvalue weighted by Gasteiger charge is 2.13. The molecule has 0 bridgehead atoms. The molecule has 0 unspecified atom stereocenters. The molecule has 0 aliphatic rings. The van der Waals surface area contributed by atoms with Gasteiger partial charge in [-0.2, -0.15) is 5.26 Å². The van der Waals surface area contributed by atoms with E-state index in [0.29, 0.717) is 11.3 Å². The lowest BCUT2D eigenvalue weighted by atomic mass is 10.2. The molecule has 0 aliphatic carbocycles. The molecule has 0 atom stereocenters. The molecule has 4 nitrogen and oxygen atoms in total. The number of para-hydroxylation sites is 1. The molecule has 0 radical (unpaired) electrons. The summed E-state index contributed by atoms with van der Waals surface area (Å²) in [5, 5.41) is 16.9. The summed E-state index contributed by atoms with van der Waals surface area (Å²) in [6.45, 7) is 0. The summed E-state index contributed by atoms with van der Waals surface area (Å²) in [7, 11) is 1.79. The van der Waals surface area contributed by atoms with Crippen LogP contribution in [0.25, 0.3) is 0 Å². The molecular weight excluding hydrogens is 271 g/mol. The molecule has 6 heteroatoms. The number of hydrogen-bond donors (Lipinski definition) is 0. The standard InChI is InChI=1S/C12H8Cl2N4/c1-18(9-5-3-2-4-8(9)7-15)10-6-11(13)16-17-12(10)14/h2-6H,1H3. The van der Waals surface area contributed by atoms with Crippen molar-refractivity contribution in [2.24, 2.45) is 0 Å². The SMILES string of the molecule is CN(c1ccccc1C#N)c1cc(Cl)nnc1Cl. The van der Waals surface area contributed by atoms with Gasteiger partial charge in [0.15, 0.2) is 10.3 Å². The molecule has 0 amide bonds. The number of halogens is 2. The number of aromatic nitrogens is 2. The average Bonchev–Trinajstić information content (AvgIpc) is 2.40. The minimum atomic E-state index is 0.231. The molecule has 2 rings (SSSR count). The van der Waals surface area contributed by atoms with Gasteiger partial charge in [-0.25, -0.2) is 0 Å². The summed E-state index contributed by atoms with van der Waals surface area (Å²) >= 11 is 11.8. The van der Waals surface area contributed by atoms with Crippen LogP contribution >= 0.6 is 23.2 Å². The molecule has 1 aromatic heterocycles. The van der Waals surface area contributed by atoms with Gasteiger partial charge in [0, 0.05) is 13.1 Å². The second-order valence-corrected chi connectivity index (χ2v) is 4.28. The quantitative estimate of drug-likeness (QED) is 0.845. The minimum Gasteiger partial charge on any atom is -0.341 e. The highest BCUT2D eigenvalue weighted by atomic mass is 35.5. The van der Waals surface area contributed by atoms with Crippen molar-refractivity contribution in [1.29, 1.82) is 5.26 Å². The molecule has 1 aromatic carbocycles. The van der Waals surface area contributed by atoms with Crippen molar-refractivity contribution in [3.05, 3.63) is 46.2 Å². The summed E-state index contributed by atoms with van der Waals surface area (Å²) in [5.41, 5.74) is 1.87. The lowest BCUT2D eigenvalue weighted by Crippen LogP contribution is -2.12. The van der Waals surface area contributed by atoms with Gasteiger partial charge in [-0.15, -0.1) is 10.2 Å². The number of hydrogen-bond acceptors (Lipinski definition) is 4. The van der Waals surface area contributed by atoms with Crippen LogP contribution in [-0.2, 0) is 0 Å². The lowest BCUT2D eigenvalue weighted by Gasteiger charge is -2.20. The molecule has 18 heavy (non-hydrogen) atoms. The van der Waals surface area contributed by atoms with E-state index in [2.05, 4.69) is 16.3 Å². The van der Waals surface area contributed by atoms with E-state index in [1.807, 2.05) is 12.1 Å². The third-order valence-electron chi connectivity index (χ3n) is 2.45. The first kappa shape index (κ1) is 12.6. The first-order chi connectivity index (χ1) is 8.63. The third-order valence-corrected chi connectivity index (χ3v) is 2.90. The topological polar surface area (TPSA) is 52.8 Å². The summed E-state index contributed by atoms with van der Waals surface area (Å²) in [6.07, 6.45) is 0. The second-order valence-electron chi connectivity index (χ2n) is 3.53. The molecule has 1 heterocycles. The van der Waals surface area contributed by atoms with Gasteiger partial charge in [0.1, 0.15) is 6.07 Å². The highest BCUT2D eigenvalue weighted by Crippen LogP contribution is 2.31. The zero-order valence-electron chi connectivity index (χ0n) is 9.43. The maximum atomic E-state index is 9.07. The third kappa shape index (κ3) is 2.37. The zero-order chi connectivity index (χ0) is 13.1. The van der Waals surface area contributed by atoms with E-state index in [1.165, 1.54) is 0 Å². The Morgan fingerprint density at radius 2 is 1.89 bits per heavy atom. The van der Waals surface area contributed by atoms with Crippen molar-refractivity contribution >= 4 is 34.6 Å². The average molecular weight is 279 g/mol. The monoisotopic (exact) mass is 278 g/mol. The normalized spacial score (nSPS) is 9.89. The van der Waals surface area contributed by atoms with Gasteiger partial charge in [-0.05, 0) is 12.1 Å². The van der Waals surface area contributed by atoms with Gasteiger partial charge in [0.05, 0.1) is 16.9 Å². The van der Waals surface area contributed by atoms with Crippen LogP contribution in [0.15, 0.2) is 30.3 Å². The molecule has 0 saturated heterocycles. The summed E-state index contributed by atoms with van der Waals surface area (Å²) in [6, 6.07) is 10.9. The van der Waals surface area contributed by atoms with Crippen LogP contribution in [-0.4, -0.2) is 17.2 Å². The largest absolute Gasteiger partial charge is 0.341 e. The van der Waals surface area contributed by atoms with Gasteiger partial charge in [0.25, 0.3) is 0 Å². The fraction of sp³-hybridized carbons (Fsp3) is 0.0833. The van der Waals surface area contributed by atoms with Crippen LogP contribution in [0.1, 0.15) is 5.56 Å². The number of anilines is 2. The number of nitrogens with zero attached hydrogens (tertiary/aromatic N) is 4. The van der Waals surface area contributed by atoms with Crippen molar-refractivity contribution in [3.8, 4) is 6.07 Å². The van der Waals surface area contributed by atoms with Gasteiger partial charge in [0.2, 0.25) is 0 Å². The van der Waals surface area contributed by atoms with Crippen LogP contribution in [0.4, 0.5) is 11.4 Å². The summed E-state index contributed by atoms with van der Waals surface area (Å²) in [4.78, 5) is 1.75. The Hall–Kier alpha value is -1.83. The van der Waals surface area contributed by atoms with E-state index in [9.17, 15) is 0 Å². The Morgan fingerprint density at radius 3 is 2.61 bits per heavy atom. The Kier molecular flexibility index (Phi) is 3.66. The van der Waals surface area contributed by atoms with Gasteiger partial charge < -0.3 is 4.90 Å². The molecule has 0 aliphatic heterocycles. The van der Waals surface area contributed by atoms with Gasteiger partial charge in [-0.3, -0.25) is 0 Å². The van der Waals surface area contributed by atoms with E-state index < -0.39 is 0 Å². The van der Waals surface area contributed by atoms with Crippen molar-refractivity contribution in [2.45, 2.75) is 0 Å². The van der Waals surface area contributed by atoms with E-state index in [-0.39, 0.29) is 10.3 Å². The smallest absolute Gasteiger partial charge is 0.175 e. The minimum absolute atomic E-state index is 0.231. The first-order valence-electron chi connectivity index (χ1n) is 5.05. The molecule has 0 saturated carbocycles. The molecular formula is C12H8Cl2N4. The fourth-order valence-corrected chi connectivity index (χ4v) is 1.93. The maximum absolute atomic E-state index is 9.07. The highest BCUT2D eigenvalue weighted by molar-refractivity contribution is 6.33. The van der Waals surface area contributed by atoms with Crippen molar-refractivity contribution in [2.75, 3.05) is 11.9 Å². The first-order valence-corrected chi connectivity index (χ1v) is 5.80. The summed E-state index contributed by atoms with van der Waals surface area (Å²) < 4.78 is 0. The van der Waals surface area contributed by atoms with Crippen LogP contribution < -0.4 is 4.90 Å². The maximum Gasteiger partial charge on any atom is 0.175 e. The molecule has 0 fully saturated rings. The van der Waals surface area contributed by atoms with Crippen molar-refractivity contribution in [1.82, 2.24) is 10.2 Å². The molecule has 0 N–H and O–H groups in total. The van der Waals surface area contributed by atoms with E-state index in [4.69, 9.17) is 28.5 Å². The summed E-state index contributed by atoms with van der Waals surface area (Å²) in [5.74, 6) is 0. The number of nitriles is 1. The predicted molar refractivity (Wildman–Crippen MR) is 71.3 cm³/mol. The Labute approximate surface area is 114 Å². The second kappa shape index (κ2) is 5.21. The Bertz CT molecular complexity index is 622. The van der Waals surface area contributed by atoms with Crippen LogP contribution in [0.3, 0.4) is 0 Å². The Morgan fingerprint density at radius 1 is 1.17 bits per heavy atom. The van der Waals surface area contributed by atoms with Crippen LogP contribution in [0, 0.1) is 11.3 Å². The molecule has 2 aromatic rings. The predicted octanol–water partition coefficient (Wildman–Crippen LogP) is 3.42. The van der Waals surface area contributed by atoms with Crippen LogP contribution in [0.5, 0.6) is 0 Å². The van der Waals surface area contributed by atoms with Gasteiger partial charge >= 0.3 is 0 Å². The van der Waals surface area contributed by atoms with Crippen molar-refractivity contribution < 1.29 is 0 Å². The van der Waals surface area contributed by atoms with Crippen molar-refractivity contribution in [3.63, 3.8) is 0 Å². The number of rotatable bonds is 2. The lowest BCUT2D eigenvalue weighted by molar-refractivity contribution is 1.02. The van der Waals surface area contributed by atoms with E-state index >= 15 is 0 Å². The molecule has 90 valence electrons. The fourth-order valence-electron chi connectivity index (χ4n) is 1.57. The van der Waals surface area contributed by atoms with Crippen LogP contribution in [0.2, 0.25) is 10.3 Å². The van der Waals surface area contributed by atoms with E-state index in [0.717, 1.165) is 5.69 Å². The molecule has 0 spiro atoms. The zero-order valence-corrected chi connectivity index (χ0v) is 10.9. The van der Waals surface area contributed by atoms with Gasteiger partial charge in [-0.1, -0.05) is 35.3 Å². The van der Waals surface area contributed by atoms with E-state index in [1.54, 1.807) is 30.1 Å².